The second-order valence-electron chi connectivity index (χ2n) is 3.19. The molecule has 0 aliphatic rings. The van der Waals surface area contributed by atoms with Gasteiger partial charge in [0.1, 0.15) is 24.2 Å². The summed E-state index contributed by atoms with van der Waals surface area (Å²) < 4.78 is 14.9. The van der Waals surface area contributed by atoms with E-state index >= 15 is 0 Å². The van der Waals surface area contributed by atoms with Crippen LogP contribution in [0.2, 0.25) is 0 Å². The molecule has 0 aliphatic carbocycles. The summed E-state index contributed by atoms with van der Waals surface area (Å²) in [7, 11) is 0. The number of carbonyl (C=O) groups is 1. The highest BCUT2D eigenvalue weighted by atomic mass is 19.1. The number of aliphatic carboxylic acids is 1. The molecule has 5 nitrogen and oxygen atoms in total. The van der Waals surface area contributed by atoms with Gasteiger partial charge in [0, 0.05) is 11.6 Å². The Kier molecular flexibility index (Phi) is 2.95. The van der Waals surface area contributed by atoms with Gasteiger partial charge in [0.05, 0.1) is 0 Å². The molecule has 1 heterocycles. The Bertz CT molecular complexity index is 564. The first-order valence-corrected chi connectivity index (χ1v) is 4.73. The zero-order valence-electron chi connectivity index (χ0n) is 8.62. The maximum atomic E-state index is 13.7. The molecule has 0 spiro atoms. The van der Waals surface area contributed by atoms with Gasteiger partial charge < -0.3 is 5.11 Å². The monoisotopic (exact) mass is 233 g/mol. The first-order chi connectivity index (χ1) is 8.18. The lowest BCUT2D eigenvalue weighted by molar-refractivity contribution is -0.131. The Morgan fingerprint density at radius 3 is 2.94 bits per heavy atom. The number of rotatable bonds is 3. The number of hydrogen-bond acceptors (Lipinski definition) is 3. The van der Waals surface area contributed by atoms with Crippen LogP contribution < -0.4 is 0 Å². The number of hydrogen-bond donors (Lipinski definition) is 1. The van der Waals surface area contributed by atoms with E-state index in [0.717, 1.165) is 6.08 Å². The van der Waals surface area contributed by atoms with E-state index in [2.05, 4.69) is 10.1 Å². The summed E-state index contributed by atoms with van der Waals surface area (Å²) in [6, 6.07) is 4.37. The molecular weight excluding hydrogens is 225 g/mol. The van der Waals surface area contributed by atoms with Crippen LogP contribution in [-0.4, -0.2) is 25.8 Å². The van der Waals surface area contributed by atoms with Crippen LogP contribution in [0, 0.1) is 5.82 Å². The van der Waals surface area contributed by atoms with Crippen LogP contribution in [0.5, 0.6) is 0 Å². The SMILES string of the molecule is O=C(O)/C=C/c1cccc(F)c1-n1cncn1. The normalized spacial score (nSPS) is 10.9. The number of halogens is 1. The lowest BCUT2D eigenvalue weighted by Crippen LogP contribution is -2.01. The topological polar surface area (TPSA) is 68.0 Å². The summed E-state index contributed by atoms with van der Waals surface area (Å²) in [6.07, 6.45) is 4.87. The second-order valence-corrected chi connectivity index (χ2v) is 3.19. The van der Waals surface area contributed by atoms with Gasteiger partial charge in [-0.3, -0.25) is 0 Å². The van der Waals surface area contributed by atoms with Crippen molar-refractivity contribution in [2.24, 2.45) is 0 Å². The predicted octanol–water partition coefficient (Wildman–Crippen LogP) is 1.50. The molecule has 17 heavy (non-hydrogen) atoms. The third kappa shape index (κ3) is 2.36. The molecule has 0 atom stereocenters. The molecule has 1 N–H and O–H groups in total. The van der Waals surface area contributed by atoms with E-state index in [-0.39, 0.29) is 5.69 Å². The first-order valence-electron chi connectivity index (χ1n) is 4.73. The Morgan fingerprint density at radius 1 is 1.47 bits per heavy atom. The third-order valence-electron chi connectivity index (χ3n) is 2.07. The molecule has 0 aliphatic heterocycles. The molecule has 1 aromatic heterocycles. The third-order valence-corrected chi connectivity index (χ3v) is 2.07. The zero-order valence-corrected chi connectivity index (χ0v) is 8.62. The molecule has 2 rings (SSSR count). The molecule has 0 fully saturated rings. The highest BCUT2D eigenvalue weighted by Gasteiger charge is 2.09. The smallest absolute Gasteiger partial charge is 0.328 e. The quantitative estimate of drug-likeness (QED) is 0.816. The van der Waals surface area contributed by atoms with E-state index in [1.165, 1.54) is 35.5 Å². The summed E-state index contributed by atoms with van der Waals surface area (Å²) in [5.41, 5.74) is 0.584. The van der Waals surface area contributed by atoms with Crippen molar-refractivity contribution in [3.05, 3.63) is 48.3 Å². The number of para-hydroxylation sites is 1. The molecular formula is C11H8FN3O2. The lowest BCUT2D eigenvalue weighted by Gasteiger charge is -2.06. The minimum Gasteiger partial charge on any atom is -0.478 e. The standard InChI is InChI=1S/C11H8FN3O2/c12-9-3-1-2-8(4-5-10(16)17)11(9)15-7-13-6-14-15/h1-7H,(H,16,17)/b5-4+. The van der Waals surface area contributed by atoms with Crippen LogP contribution >= 0.6 is 0 Å². The first kappa shape index (κ1) is 11.0. The van der Waals surface area contributed by atoms with Crippen LogP contribution in [-0.2, 0) is 4.79 Å². The van der Waals surface area contributed by atoms with Crippen molar-refractivity contribution in [1.82, 2.24) is 14.8 Å². The van der Waals surface area contributed by atoms with E-state index in [9.17, 15) is 9.18 Å². The fourth-order valence-corrected chi connectivity index (χ4v) is 1.39. The molecule has 0 saturated carbocycles. The Balaban J connectivity index is 2.53. The molecule has 6 heteroatoms. The molecule has 0 saturated heterocycles. The van der Waals surface area contributed by atoms with Crippen molar-refractivity contribution < 1.29 is 14.3 Å². The maximum Gasteiger partial charge on any atom is 0.328 e. The minimum absolute atomic E-state index is 0.169. The van der Waals surface area contributed by atoms with Gasteiger partial charge in [-0.25, -0.2) is 18.9 Å². The van der Waals surface area contributed by atoms with Crippen molar-refractivity contribution in [2.75, 3.05) is 0 Å². The van der Waals surface area contributed by atoms with Crippen molar-refractivity contribution >= 4 is 12.0 Å². The number of aromatic nitrogens is 3. The van der Waals surface area contributed by atoms with Crippen molar-refractivity contribution in [3.63, 3.8) is 0 Å². The van der Waals surface area contributed by atoms with Gasteiger partial charge in [0.15, 0.2) is 0 Å². The van der Waals surface area contributed by atoms with Crippen LogP contribution in [0.3, 0.4) is 0 Å². The van der Waals surface area contributed by atoms with Gasteiger partial charge >= 0.3 is 5.97 Å². The molecule has 86 valence electrons. The van der Waals surface area contributed by atoms with Gasteiger partial charge in [-0.1, -0.05) is 12.1 Å². The summed E-state index contributed by atoms with van der Waals surface area (Å²) >= 11 is 0. The molecule has 1 aromatic carbocycles. The van der Waals surface area contributed by atoms with E-state index in [4.69, 9.17) is 5.11 Å². The molecule has 2 aromatic rings. The Labute approximate surface area is 95.8 Å². The summed E-state index contributed by atoms with van der Waals surface area (Å²) in [5.74, 6) is -1.60. The fraction of sp³-hybridized carbons (Fsp3) is 0. The molecule has 0 radical (unpaired) electrons. The van der Waals surface area contributed by atoms with Crippen molar-refractivity contribution in [2.45, 2.75) is 0 Å². The van der Waals surface area contributed by atoms with E-state index in [0.29, 0.717) is 5.56 Å². The van der Waals surface area contributed by atoms with Crippen molar-refractivity contribution in [1.29, 1.82) is 0 Å². The lowest BCUT2D eigenvalue weighted by atomic mass is 10.1. The van der Waals surface area contributed by atoms with Gasteiger partial charge in [-0.05, 0) is 12.1 Å². The molecule has 0 unspecified atom stereocenters. The number of carboxylic acid groups (broad SMARTS) is 1. The number of benzene rings is 1. The highest BCUT2D eigenvalue weighted by molar-refractivity contribution is 5.86. The van der Waals surface area contributed by atoms with Gasteiger partial charge in [0.25, 0.3) is 0 Å². The summed E-state index contributed by atoms with van der Waals surface area (Å²) in [5, 5.41) is 12.4. The summed E-state index contributed by atoms with van der Waals surface area (Å²) in [6.45, 7) is 0. The molecule has 0 amide bonds. The number of nitrogens with zero attached hydrogens (tertiary/aromatic N) is 3. The van der Waals surface area contributed by atoms with E-state index in [1.54, 1.807) is 6.07 Å². The maximum absolute atomic E-state index is 13.7. The predicted molar refractivity (Wildman–Crippen MR) is 58.0 cm³/mol. The second kappa shape index (κ2) is 4.56. The van der Waals surface area contributed by atoms with Crippen LogP contribution in [0.15, 0.2) is 36.9 Å². The van der Waals surface area contributed by atoms with E-state index in [1.807, 2.05) is 0 Å². The Morgan fingerprint density at radius 2 is 2.29 bits per heavy atom. The van der Waals surface area contributed by atoms with Gasteiger partial charge in [-0.15, -0.1) is 0 Å². The number of carboxylic acids is 1. The largest absolute Gasteiger partial charge is 0.478 e. The van der Waals surface area contributed by atoms with Crippen molar-refractivity contribution in [3.8, 4) is 5.69 Å². The van der Waals surface area contributed by atoms with Crippen LogP contribution in [0.4, 0.5) is 4.39 Å². The average Bonchev–Trinajstić information content (AvgIpc) is 2.79. The fourth-order valence-electron chi connectivity index (χ4n) is 1.39. The zero-order chi connectivity index (χ0) is 12.3. The summed E-state index contributed by atoms with van der Waals surface area (Å²) in [4.78, 5) is 14.2. The van der Waals surface area contributed by atoms with Gasteiger partial charge in [-0.2, -0.15) is 5.10 Å². The van der Waals surface area contributed by atoms with E-state index < -0.39 is 11.8 Å². The van der Waals surface area contributed by atoms with Gasteiger partial charge in [0.2, 0.25) is 0 Å². The minimum atomic E-state index is -1.10. The molecule has 0 bridgehead atoms. The average molecular weight is 233 g/mol. The Hall–Kier alpha value is -2.50. The highest BCUT2D eigenvalue weighted by Crippen LogP contribution is 2.18. The van der Waals surface area contributed by atoms with Crippen LogP contribution in [0.25, 0.3) is 11.8 Å². The van der Waals surface area contributed by atoms with Crippen LogP contribution in [0.1, 0.15) is 5.56 Å².